The van der Waals surface area contributed by atoms with Crippen molar-refractivity contribution >= 4 is 10.0 Å². The summed E-state index contributed by atoms with van der Waals surface area (Å²) in [5.41, 5.74) is 2.56. The highest BCUT2D eigenvalue weighted by Gasteiger charge is 2.25. The Morgan fingerprint density at radius 1 is 1.00 bits per heavy atom. The summed E-state index contributed by atoms with van der Waals surface area (Å²) in [7, 11) is -3.60. The molecule has 2 aromatic carbocycles. The molecule has 0 amide bonds. The molecule has 1 fully saturated rings. The molecule has 0 saturated heterocycles. The Kier molecular flexibility index (Phi) is 5.33. The van der Waals surface area contributed by atoms with Crippen LogP contribution in [0.15, 0.2) is 59.5 Å². The summed E-state index contributed by atoms with van der Waals surface area (Å²) in [5, 5.41) is 8.74. The fourth-order valence-corrected chi connectivity index (χ4v) is 3.98. The van der Waals surface area contributed by atoms with Gasteiger partial charge >= 0.3 is 0 Å². The third-order valence-corrected chi connectivity index (χ3v) is 5.73. The summed E-state index contributed by atoms with van der Waals surface area (Å²) in [4.78, 5) is 0.167. The average molecular weight is 344 g/mol. The topological polar surface area (TPSA) is 72.2 Å². The van der Waals surface area contributed by atoms with Crippen LogP contribution in [-0.4, -0.2) is 21.0 Å². The number of hydrogen-bond donors (Lipinski definition) is 2. The summed E-state index contributed by atoms with van der Waals surface area (Å²) in [5.74, 6) is 0.665. The van der Waals surface area contributed by atoms with Crippen molar-refractivity contribution in [1.29, 1.82) is 0 Å². The maximum atomic E-state index is 11.2. The molecular formula is C19H24N2O2S. The van der Waals surface area contributed by atoms with Gasteiger partial charge in [-0.15, -0.1) is 0 Å². The smallest absolute Gasteiger partial charge is 0.238 e. The number of sulfonamides is 1. The van der Waals surface area contributed by atoms with Crippen molar-refractivity contribution in [3.05, 3.63) is 65.7 Å². The first-order valence-corrected chi connectivity index (χ1v) is 9.97. The van der Waals surface area contributed by atoms with Crippen LogP contribution in [0.3, 0.4) is 0 Å². The van der Waals surface area contributed by atoms with Crippen LogP contribution < -0.4 is 10.5 Å². The Balaban J connectivity index is 1.46. The Bertz CT molecular complexity index is 758. The van der Waals surface area contributed by atoms with E-state index in [1.165, 1.54) is 24.8 Å². The molecule has 128 valence electrons. The number of nitrogens with two attached hydrogens (primary N) is 1. The molecule has 0 aliphatic heterocycles. The summed E-state index contributed by atoms with van der Waals surface area (Å²) in [6.45, 7) is 0.904. The van der Waals surface area contributed by atoms with Crippen molar-refractivity contribution in [1.82, 2.24) is 5.32 Å². The second-order valence-electron chi connectivity index (χ2n) is 6.51. The van der Waals surface area contributed by atoms with Gasteiger partial charge in [-0.2, -0.15) is 0 Å². The first kappa shape index (κ1) is 17.1. The molecule has 4 nitrogen and oxygen atoms in total. The van der Waals surface area contributed by atoms with Crippen LogP contribution in [-0.2, 0) is 16.4 Å². The highest BCUT2D eigenvalue weighted by molar-refractivity contribution is 7.89. The average Bonchev–Trinajstić information content (AvgIpc) is 3.04. The Morgan fingerprint density at radius 2 is 1.71 bits per heavy atom. The van der Waals surface area contributed by atoms with Crippen LogP contribution in [0.5, 0.6) is 0 Å². The predicted octanol–water partition coefficient (Wildman–Crippen LogP) is 2.80. The summed E-state index contributed by atoms with van der Waals surface area (Å²) in [6.07, 6.45) is 4.53. The molecular weight excluding hydrogens is 320 g/mol. The summed E-state index contributed by atoms with van der Waals surface area (Å²) in [6, 6.07) is 18.1. The molecule has 5 heteroatoms. The molecule has 3 rings (SSSR count). The van der Waals surface area contributed by atoms with Crippen molar-refractivity contribution in [2.45, 2.75) is 42.5 Å². The van der Waals surface area contributed by atoms with Gasteiger partial charge in [0.15, 0.2) is 0 Å². The van der Waals surface area contributed by atoms with Gasteiger partial charge < -0.3 is 5.32 Å². The lowest BCUT2D eigenvalue weighted by Gasteiger charge is -2.14. The van der Waals surface area contributed by atoms with Gasteiger partial charge in [0, 0.05) is 6.04 Å². The van der Waals surface area contributed by atoms with Gasteiger partial charge in [0.2, 0.25) is 10.0 Å². The van der Waals surface area contributed by atoms with Gasteiger partial charge in [0.05, 0.1) is 4.90 Å². The van der Waals surface area contributed by atoms with E-state index < -0.39 is 10.0 Å². The van der Waals surface area contributed by atoms with Crippen LogP contribution in [0.1, 0.15) is 36.3 Å². The zero-order chi connectivity index (χ0) is 17.0. The largest absolute Gasteiger partial charge is 0.314 e. The first-order chi connectivity index (χ1) is 11.5. The van der Waals surface area contributed by atoms with Gasteiger partial charge in [0.25, 0.3) is 0 Å². The van der Waals surface area contributed by atoms with Crippen molar-refractivity contribution in [2.24, 2.45) is 5.14 Å². The van der Waals surface area contributed by atoms with Crippen LogP contribution >= 0.6 is 0 Å². The zero-order valence-electron chi connectivity index (χ0n) is 13.7. The Labute approximate surface area is 144 Å². The van der Waals surface area contributed by atoms with Gasteiger partial charge in [-0.3, -0.25) is 0 Å². The molecule has 0 bridgehead atoms. The number of rotatable bonds is 6. The third kappa shape index (κ3) is 4.44. The van der Waals surface area contributed by atoms with E-state index in [0.29, 0.717) is 12.0 Å². The van der Waals surface area contributed by atoms with E-state index in [4.69, 9.17) is 5.14 Å². The molecule has 0 unspecified atom stereocenters. The molecule has 0 spiro atoms. The molecule has 0 aromatic heterocycles. The Hall–Kier alpha value is -1.69. The molecule has 2 atom stereocenters. The minimum absolute atomic E-state index is 0.167. The fourth-order valence-electron chi connectivity index (χ4n) is 3.46. The molecule has 2 aromatic rings. The van der Waals surface area contributed by atoms with E-state index in [9.17, 15) is 8.42 Å². The summed E-state index contributed by atoms with van der Waals surface area (Å²) < 4.78 is 22.5. The van der Waals surface area contributed by atoms with Crippen LogP contribution in [0, 0.1) is 0 Å². The van der Waals surface area contributed by atoms with Crippen molar-refractivity contribution in [2.75, 3.05) is 6.54 Å². The van der Waals surface area contributed by atoms with E-state index in [0.717, 1.165) is 18.5 Å². The van der Waals surface area contributed by atoms with Gasteiger partial charge in [-0.25, -0.2) is 13.6 Å². The van der Waals surface area contributed by atoms with E-state index >= 15 is 0 Å². The number of primary sulfonamides is 1. The molecule has 1 aliphatic carbocycles. The Morgan fingerprint density at radius 3 is 2.38 bits per heavy atom. The lowest BCUT2D eigenvalue weighted by atomic mass is 9.98. The number of benzene rings is 2. The van der Waals surface area contributed by atoms with Gasteiger partial charge in [-0.1, -0.05) is 42.5 Å². The van der Waals surface area contributed by atoms with Crippen molar-refractivity contribution < 1.29 is 8.42 Å². The van der Waals surface area contributed by atoms with Crippen molar-refractivity contribution in [3.63, 3.8) is 0 Å². The van der Waals surface area contributed by atoms with E-state index in [1.807, 2.05) is 12.1 Å². The van der Waals surface area contributed by atoms with Gasteiger partial charge in [-0.05, 0) is 61.4 Å². The molecule has 1 aliphatic rings. The maximum Gasteiger partial charge on any atom is 0.238 e. The van der Waals surface area contributed by atoms with Crippen molar-refractivity contribution in [3.8, 4) is 0 Å². The maximum absolute atomic E-state index is 11.2. The van der Waals surface area contributed by atoms with E-state index in [1.54, 1.807) is 12.1 Å². The third-order valence-electron chi connectivity index (χ3n) is 4.80. The van der Waals surface area contributed by atoms with Crippen LogP contribution in [0.25, 0.3) is 0 Å². The quantitative estimate of drug-likeness (QED) is 0.846. The minimum atomic E-state index is -3.60. The number of nitrogens with one attached hydrogen (secondary N) is 1. The lowest BCUT2D eigenvalue weighted by Crippen LogP contribution is -2.28. The standard InChI is InChI=1S/C19H24N2O2S/c20-24(22,23)19-10-6-15(7-11-19)12-13-21-18-9-8-17(14-18)16-4-2-1-3-5-16/h1-7,10-11,17-18,21H,8-9,12-14H2,(H2,20,22,23)/t17-,18+/m1/s1. The first-order valence-electron chi connectivity index (χ1n) is 8.42. The molecule has 1 saturated carbocycles. The summed E-state index contributed by atoms with van der Waals surface area (Å²) >= 11 is 0. The SMILES string of the molecule is NS(=O)(=O)c1ccc(CCN[C@H]2CC[C@@H](c3ccccc3)C2)cc1. The molecule has 3 N–H and O–H groups in total. The highest BCUT2D eigenvalue weighted by atomic mass is 32.2. The number of hydrogen-bond acceptors (Lipinski definition) is 3. The van der Waals surface area contributed by atoms with E-state index in [2.05, 4.69) is 35.6 Å². The highest BCUT2D eigenvalue weighted by Crippen LogP contribution is 2.34. The van der Waals surface area contributed by atoms with E-state index in [-0.39, 0.29) is 4.90 Å². The zero-order valence-corrected chi connectivity index (χ0v) is 14.5. The molecule has 0 radical (unpaired) electrons. The van der Waals surface area contributed by atoms with Gasteiger partial charge in [0.1, 0.15) is 0 Å². The second kappa shape index (κ2) is 7.47. The monoisotopic (exact) mass is 344 g/mol. The minimum Gasteiger partial charge on any atom is -0.314 e. The fraction of sp³-hybridized carbons (Fsp3) is 0.368. The van der Waals surface area contributed by atoms with Crippen LogP contribution in [0.4, 0.5) is 0 Å². The second-order valence-corrected chi connectivity index (χ2v) is 8.07. The molecule has 0 heterocycles. The normalized spacial score (nSPS) is 21.0. The lowest BCUT2D eigenvalue weighted by molar-refractivity contribution is 0.521. The van der Waals surface area contributed by atoms with Crippen LogP contribution in [0.2, 0.25) is 0 Å². The predicted molar refractivity (Wildman–Crippen MR) is 96.3 cm³/mol. The molecule has 24 heavy (non-hydrogen) atoms.